The maximum atomic E-state index is 12.3. The van der Waals surface area contributed by atoms with Crippen LogP contribution in [-0.4, -0.2) is 27.7 Å². The zero-order valence-electron chi connectivity index (χ0n) is 10.0. The van der Waals surface area contributed by atoms with Crippen LogP contribution in [0.3, 0.4) is 0 Å². The van der Waals surface area contributed by atoms with Crippen molar-refractivity contribution in [3.8, 4) is 11.5 Å². The topological polar surface area (TPSA) is 69.9 Å². The van der Waals surface area contributed by atoms with E-state index in [0.29, 0.717) is 24.0 Å². The summed E-state index contributed by atoms with van der Waals surface area (Å²) in [5.41, 5.74) is 2.20. The van der Waals surface area contributed by atoms with Crippen molar-refractivity contribution < 1.29 is 15.0 Å². The summed E-state index contributed by atoms with van der Waals surface area (Å²) in [5, 5.41) is 19.2. The first-order chi connectivity index (χ1) is 8.66. The summed E-state index contributed by atoms with van der Waals surface area (Å²) < 4.78 is 0. The first kappa shape index (κ1) is 11.3. The van der Waals surface area contributed by atoms with E-state index in [-0.39, 0.29) is 23.3 Å². The summed E-state index contributed by atoms with van der Waals surface area (Å²) in [6.07, 6.45) is 4.40. The van der Waals surface area contributed by atoms with Gasteiger partial charge in [0.15, 0.2) is 17.3 Å². The molecule has 94 valence electrons. The van der Waals surface area contributed by atoms with Crippen LogP contribution in [-0.2, 0) is 6.42 Å². The van der Waals surface area contributed by atoms with Crippen molar-refractivity contribution in [1.29, 1.82) is 0 Å². The molecule has 0 heterocycles. The van der Waals surface area contributed by atoms with Crippen molar-refractivity contribution in [1.82, 2.24) is 0 Å². The average Bonchev–Trinajstić information content (AvgIpc) is 2.31. The molecule has 2 N–H and O–H groups in total. The average molecular weight is 245 g/mol. The summed E-state index contributed by atoms with van der Waals surface area (Å²) in [5.74, 6) is -0.355. The van der Waals surface area contributed by atoms with E-state index in [9.17, 15) is 15.0 Å². The van der Waals surface area contributed by atoms with Gasteiger partial charge in [-0.3, -0.25) is 9.79 Å². The quantitative estimate of drug-likeness (QED) is 0.745. The number of carbonyl (C=O) groups is 1. The van der Waals surface area contributed by atoms with Crippen molar-refractivity contribution >= 4 is 11.5 Å². The molecular formula is C14H15NO3. The third kappa shape index (κ3) is 1.68. The molecule has 0 bridgehead atoms. The number of fused-ring (bicyclic) bond motifs is 1. The number of nitrogens with zero attached hydrogens (tertiary/aromatic N) is 1. The van der Waals surface area contributed by atoms with E-state index in [1.165, 1.54) is 12.5 Å². The van der Waals surface area contributed by atoms with Gasteiger partial charge in [0.25, 0.3) is 0 Å². The van der Waals surface area contributed by atoms with Gasteiger partial charge in [0.05, 0.1) is 0 Å². The molecule has 0 aromatic heterocycles. The Kier molecular flexibility index (Phi) is 2.58. The number of phenolic OH excluding ortho intramolecular Hbond substituents is 2. The van der Waals surface area contributed by atoms with Crippen molar-refractivity contribution in [2.45, 2.75) is 38.1 Å². The highest BCUT2D eigenvalue weighted by Gasteiger charge is 2.30. The molecular weight excluding hydrogens is 230 g/mol. The van der Waals surface area contributed by atoms with Crippen molar-refractivity contribution in [3.63, 3.8) is 0 Å². The molecule has 1 unspecified atom stereocenters. The summed E-state index contributed by atoms with van der Waals surface area (Å²) in [6, 6.07) is 2.65. The van der Waals surface area contributed by atoms with Gasteiger partial charge in [0, 0.05) is 16.8 Å². The standard InChI is InChI=1S/C14H15NO3/c16-12-7-5-9-10(14(12)18)4-6-11(13(9)17)15-8-2-1-3-8/h5,7,11,16,18H,1-4,6H2. The lowest BCUT2D eigenvalue weighted by atomic mass is 9.86. The molecule has 1 fully saturated rings. The van der Waals surface area contributed by atoms with Gasteiger partial charge >= 0.3 is 0 Å². The molecule has 2 aliphatic carbocycles. The minimum absolute atomic E-state index is 0.0362. The van der Waals surface area contributed by atoms with Crippen LogP contribution >= 0.6 is 0 Å². The molecule has 2 aliphatic rings. The fourth-order valence-electron chi connectivity index (χ4n) is 2.51. The number of benzene rings is 1. The molecule has 0 spiro atoms. The number of phenols is 2. The number of Topliss-reactive ketones (excluding diaryl/α,β-unsaturated/α-hetero) is 1. The lowest BCUT2D eigenvalue weighted by Gasteiger charge is -2.24. The molecule has 1 aromatic rings. The van der Waals surface area contributed by atoms with Crippen LogP contribution in [0.2, 0.25) is 0 Å². The van der Waals surface area contributed by atoms with Gasteiger partial charge in [-0.2, -0.15) is 0 Å². The van der Waals surface area contributed by atoms with Gasteiger partial charge in [-0.1, -0.05) is 0 Å². The highest BCUT2D eigenvalue weighted by molar-refractivity contribution is 6.05. The number of hydrogen-bond donors (Lipinski definition) is 2. The molecule has 1 saturated carbocycles. The third-order valence-corrected chi connectivity index (χ3v) is 3.77. The van der Waals surface area contributed by atoms with Crippen LogP contribution in [0.25, 0.3) is 0 Å². The van der Waals surface area contributed by atoms with Crippen molar-refractivity contribution in [2.24, 2.45) is 4.99 Å². The Labute approximate surface area is 105 Å². The van der Waals surface area contributed by atoms with Crippen LogP contribution < -0.4 is 0 Å². The normalized spacial score (nSPS) is 22.3. The molecule has 0 amide bonds. The molecule has 1 atom stereocenters. The Balaban J connectivity index is 1.95. The van der Waals surface area contributed by atoms with Crippen LogP contribution in [0.4, 0.5) is 0 Å². The summed E-state index contributed by atoms with van der Waals surface area (Å²) >= 11 is 0. The lowest BCUT2D eigenvalue weighted by molar-refractivity contribution is 0.0948. The lowest BCUT2D eigenvalue weighted by Crippen LogP contribution is -2.28. The van der Waals surface area contributed by atoms with Crippen LogP contribution in [0, 0.1) is 0 Å². The Morgan fingerprint density at radius 1 is 1.17 bits per heavy atom. The zero-order chi connectivity index (χ0) is 12.7. The predicted octanol–water partition coefficient (Wildman–Crippen LogP) is 2.22. The summed E-state index contributed by atoms with van der Waals surface area (Å²) in [7, 11) is 0. The van der Waals surface area contributed by atoms with Crippen LogP contribution in [0.15, 0.2) is 17.1 Å². The summed E-state index contributed by atoms with van der Waals surface area (Å²) in [4.78, 5) is 16.8. The smallest absolute Gasteiger partial charge is 0.187 e. The van der Waals surface area contributed by atoms with E-state index in [1.807, 2.05) is 0 Å². The number of aliphatic imine (C=N–C) groups is 1. The molecule has 0 radical (unpaired) electrons. The Hall–Kier alpha value is -1.84. The van der Waals surface area contributed by atoms with Crippen molar-refractivity contribution in [3.05, 3.63) is 23.3 Å². The van der Waals surface area contributed by atoms with E-state index < -0.39 is 0 Å². The van der Waals surface area contributed by atoms with E-state index in [0.717, 1.165) is 18.6 Å². The van der Waals surface area contributed by atoms with E-state index in [1.54, 1.807) is 6.07 Å². The van der Waals surface area contributed by atoms with Gasteiger partial charge < -0.3 is 10.2 Å². The number of rotatable bonds is 1. The fraction of sp³-hybridized carbons (Fsp3) is 0.429. The van der Waals surface area contributed by atoms with Crippen molar-refractivity contribution in [2.75, 3.05) is 0 Å². The molecule has 1 aromatic carbocycles. The van der Waals surface area contributed by atoms with Gasteiger partial charge in [0.1, 0.15) is 6.04 Å². The molecule has 4 nitrogen and oxygen atoms in total. The highest BCUT2D eigenvalue weighted by Crippen LogP contribution is 2.36. The predicted molar refractivity (Wildman–Crippen MR) is 67.5 cm³/mol. The fourth-order valence-corrected chi connectivity index (χ4v) is 2.51. The maximum absolute atomic E-state index is 12.3. The van der Waals surface area contributed by atoms with E-state index in [4.69, 9.17) is 0 Å². The van der Waals surface area contributed by atoms with Gasteiger partial charge in [-0.25, -0.2) is 0 Å². The van der Waals surface area contributed by atoms with Gasteiger partial charge in [0.2, 0.25) is 0 Å². The molecule has 18 heavy (non-hydrogen) atoms. The number of carbonyl (C=O) groups excluding carboxylic acids is 1. The second-order valence-electron chi connectivity index (χ2n) is 4.93. The Morgan fingerprint density at radius 2 is 1.94 bits per heavy atom. The Bertz CT molecular complexity index is 542. The largest absolute Gasteiger partial charge is 0.504 e. The Morgan fingerprint density at radius 3 is 2.61 bits per heavy atom. The molecule has 3 rings (SSSR count). The molecule has 0 aliphatic heterocycles. The third-order valence-electron chi connectivity index (χ3n) is 3.77. The van der Waals surface area contributed by atoms with Crippen LogP contribution in [0.1, 0.15) is 41.6 Å². The molecule has 0 saturated heterocycles. The monoisotopic (exact) mass is 245 g/mol. The number of hydrogen-bond acceptors (Lipinski definition) is 4. The second kappa shape index (κ2) is 4.12. The number of aromatic hydroxyl groups is 2. The minimum atomic E-state index is -0.295. The summed E-state index contributed by atoms with van der Waals surface area (Å²) in [6.45, 7) is 0. The number of ketones is 1. The minimum Gasteiger partial charge on any atom is -0.504 e. The maximum Gasteiger partial charge on any atom is 0.187 e. The van der Waals surface area contributed by atoms with E-state index in [2.05, 4.69) is 4.99 Å². The van der Waals surface area contributed by atoms with Gasteiger partial charge in [-0.05, 0) is 44.2 Å². The van der Waals surface area contributed by atoms with Crippen LogP contribution in [0.5, 0.6) is 11.5 Å². The SMILES string of the molecule is O=C1c2ccc(O)c(O)c2CCC1N=C1CCC1. The second-order valence-corrected chi connectivity index (χ2v) is 4.93. The van der Waals surface area contributed by atoms with E-state index >= 15 is 0 Å². The highest BCUT2D eigenvalue weighted by atomic mass is 16.3. The first-order valence-electron chi connectivity index (χ1n) is 6.30. The first-order valence-corrected chi connectivity index (χ1v) is 6.30. The molecule has 4 heteroatoms. The zero-order valence-corrected chi connectivity index (χ0v) is 10.0. The van der Waals surface area contributed by atoms with Gasteiger partial charge in [-0.15, -0.1) is 0 Å².